The van der Waals surface area contributed by atoms with Crippen molar-refractivity contribution in [1.82, 2.24) is 0 Å². The number of amides is 1. The van der Waals surface area contributed by atoms with E-state index in [9.17, 15) is 23.4 Å². The fourth-order valence-electron chi connectivity index (χ4n) is 3.35. The third-order valence-electron chi connectivity index (χ3n) is 5.18. The van der Waals surface area contributed by atoms with Crippen LogP contribution in [0.2, 0.25) is 0 Å². The van der Waals surface area contributed by atoms with Gasteiger partial charge in [-0.15, -0.1) is 0 Å². The Balaban J connectivity index is 2.04. The van der Waals surface area contributed by atoms with Gasteiger partial charge in [0.1, 0.15) is 5.75 Å². The van der Waals surface area contributed by atoms with Gasteiger partial charge in [-0.3, -0.25) is 0 Å². The van der Waals surface area contributed by atoms with Gasteiger partial charge in [-0.25, -0.2) is 13.2 Å². The Bertz CT molecular complexity index is 1170. The number of hydrogen-bond acceptors (Lipinski definition) is 4. The van der Waals surface area contributed by atoms with Crippen molar-refractivity contribution in [2.75, 3.05) is 4.31 Å². The molecule has 0 atom stereocenters. The molecule has 0 saturated carbocycles. The Morgan fingerprint density at radius 2 is 1.47 bits per heavy atom. The summed E-state index contributed by atoms with van der Waals surface area (Å²) >= 11 is 0. The maximum atomic E-state index is 13.1. The molecule has 0 radical (unpaired) electrons. The van der Waals surface area contributed by atoms with Gasteiger partial charge in [0.15, 0.2) is 0 Å². The zero-order valence-corrected chi connectivity index (χ0v) is 17.7. The predicted molar refractivity (Wildman–Crippen MR) is 116 cm³/mol. The van der Waals surface area contributed by atoms with Gasteiger partial charge in [0.2, 0.25) is 0 Å². The van der Waals surface area contributed by atoms with E-state index >= 15 is 0 Å². The van der Waals surface area contributed by atoms with Crippen molar-refractivity contribution in [2.24, 2.45) is 0 Å². The Morgan fingerprint density at radius 1 is 0.900 bits per heavy atom. The molecule has 156 valence electrons. The Hall–Kier alpha value is -3.32. The molecule has 6 nitrogen and oxygen atoms in total. The highest BCUT2D eigenvalue weighted by Crippen LogP contribution is 2.34. The molecule has 3 aromatic rings. The number of anilines is 1. The summed E-state index contributed by atoms with van der Waals surface area (Å²) < 4.78 is 26.5. The molecule has 0 aromatic heterocycles. The molecular formula is C23H23NO5S. The molecule has 0 unspecified atom stereocenters. The predicted octanol–water partition coefficient (Wildman–Crippen LogP) is 4.90. The minimum Gasteiger partial charge on any atom is -0.508 e. The lowest BCUT2D eigenvalue weighted by Gasteiger charge is -2.27. The number of carbonyl (C=O) groups is 1. The van der Waals surface area contributed by atoms with Crippen LogP contribution in [-0.4, -0.2) is 24.7 Å². The summed E-state index contributed by atoms with van der Waals surface area (Å²) in [5.41, 5.74) is 1.97. The molecule has 3 rings (SSSR count). The Labute approximate surface area is 176 Å². The second-order valence-electron chi connectivity index (χ2n) is 7.54. The first kappa shape index (κ1) is 21.4. The maximum Gasteiger partial charge on any atom is 0.426 e. The molecule has 30 heavy (non-hydrogen) atoms. The average molecular weight is 426 g/mol. The third kappa shape index (κ3) is 3.89. The molecule has 0 saturated heterocycles. The zero-order valence-electron chi connectivity index (χ0n) is 16.9. The topological polar surface area (TPSA) is 94.9 Å². The van der Waals surface area contributed by atoms with E-state index in [0.717, 1.165) is 17.2 Å². The van der Waals surface area contributed by atoms with E-state index in [2.05, 4.69) is 0 Å². The van der Waals surface area contributed by atoms with Gasteiger partial charge in [-0.05, 0) is 41.8 Å². The van der Waals surface area contributed by atoms with Gasteiger partial charge in [0.05, 0.1) is 10.6 Å². The van der Waals surface area contributed by atoms with E-state index in [1.807, 2.05) is 44.2 Å². The number of nitrogens with zero attached hydrogens (tertiary/aromatic N) is 1. The van der Waals surface area contributed by atoms with Gasteiger partial charge in [0.25, 0.3) is 10.0 Å². The molecule has 1 amide bonds. The van der Waals surface area contributed by atoms with Crippen molar-refractivity contribution < 1.29 is 23.4 Å². The number of benzene rings is 3. The summed E-state index contributed by atoms with van der Waals surface area (Å²) in [6, 6.07) is 20.1. The number of phenols is 1. The minimum atomic E-state index is -4.43. The van der Waals surface area contributed by atoms with E-state index in [1.54, 1.807) is 12.1 Å². The SMILES string of the molecule is Cc1ccc(O)cc1S(=O)(=O)N(C(=O)O)c1ccc(C(C)(C)c2ccccc2)cc1. The number of sulfonamides is 1. The highest BCUT2D eigenvalue weighted by Gasteiger charge is 2.33. The van der Waals surface area contributed by atoms with Gasteiger partial charge >= 0.3 is 6.09 Å². The molecule has 3 aromatic carbocycles. The summed E-state index contributed by atoms with van der Waals surface area (Å²) in [5, 5.41) is 19.4. The molecule has 0 aliphatic rings. The van der Waals surface area contributed by atoms with Crippen LogP contribution in [0.4, 0.5) is 10.5 Å². The lowest BCUT2D eigenvalue weighted by Crippen LogP contribution is -2.36. The largest absolute Gasteiger partial charge is 0.508 e. The third-order valence-corrected chi connectivity index (χ3v) is 7.03. The highest BCUT2D eigenvalue weighted by molar-refractivity contribution is 7.93. The van der Waals surface area contributed by atoms with Crippen molar-refractivity contribution in [3.63, 3.8) is 0 Å². The number of aryl methyl sites for hydroxylation is 1. The van der Waals surface area contributed by atoms with Crippen LogP contribution in [0.25, 0.3) is 0 Å². The number of rotatable bonds is 5. The number of hydrogen-bond donors (Lipinski definition) is 2. The summed E-state index contributed by atoms with van der Waals surface area (Å²) in [7, 11) is -4.43. The fourth-order valence-corrected chi connectivity index (χ4v) is 4.90. The maximum absolute atomic E-state index is 13.1. The first-order chi connectivity index (χ1) is 14.0. The van der Waals surface area contributed by atoms with Crippen LogP contribution in [0.15, 0.2) is 77.7 Å². The number of aromatic hydroxyl groups is 1. The van der Waals surface area contributed by atoms with Gasteiger partial charge in [0, 0.05) is 11.5 Å². The molecule has 0 aliphatic heterocycles. The van der Waals surface area contributed by atoms with Crippen molar-refractivity contribution in [3.05, 3.63) is 89.5 Å². The standard InChI is InChI=1S/C23H23NO5S/c1-16-9-14-20(25)15-21(16)30(28,29)24(22(26)27)19-12-10-18(11-13-19)23(2,3)17-7-5-4-6-8-17/h4-15,25H,1-3H3,(H,26,27). The molecule has 2 N–H and O–H groups in total. The number of phenolic OH excluding ortho intramolecular Hbond substituents is 1. The lowest BCUT2D eigenvalue weighted by atomic mass is 9.78. The Morgan fingerprint density at radius 3 is 2.03 bits per heavy atom. The van der Waals surface area contributed by atoms with Crippen LogP contribution >= 0.6 is 0 Å². The molecule has 0 spiro atoms. The molecular weight excluding hydrogens is 402 g/mol. The molecule has 0 aliphatic carbocycles. The van der Waals surface area contributed by atoms with Crippen LogP contribution in [0, 0.1) is 6.92 Å². The first-order valence-electron chi connectivity index (χ1n) is 9.29. The smallest absolute Gasteiger partial charge is 0.426 e. The van der Waals surface area contributed by atoms with E-state index < -0.39 is 16.1 Å². The van der Waals surface area contributed by atoms with E-state index in [0.29, 0.717) is 9.87 Å². The first-order valence-corrected chi connectivity index (χ1v) is 10.7. The monoisotopic (exact) mass is 425 g/mol. The quantitative estimate of drug-likeness (QED) is 0.606. The van der Waals surface area contributed by atoms with Crippen molar-refractivity contribution in [1.29, 1.82) is 0 Å². The normalized spacial score (nSPS) is 11.8. The van der Waals surface area contributed by atoms with Gasteiger partial charge in [-0.1, -0.05) is 62.4 Å². The number of carboxylic acid groups (broad SMARTS) is 1. The Kier molecular flexibility index (Phi) is 5.59. The summed E-state index contributed by atoms with van der Waals surface area (Å²) in [6.45, 7) is 5.62. The van der Waals surface area contributed by atoms with Crippen molar-refractivity contribution in [3.8, 4) is 5.75 Å². The van der Waals surface area contributed by atoms with Gasteiger partial charge < -0.3 is 10.2 Å². The van der Waals surface area contributed by atoms with Crippen LogP contribution < -0.4 is 4.31 Å². The summed E-state index contributed by atoms with van der Waals surface area (Å²) in [6.07, 6.45) is -1.63. The molecule has 7 heteroatoms. The molecule has 0 bridgehead atoms. The zero-order chi connectivity index (χ0) is 22.1. The second kappa shape index (κ2) is 7.84. The van der Waals surface area contributed by atoms with E-state index in [4.69, 9.17) is 0 Å². The van der Waals surface area contributed by atoms with Gasteiger partial charge in [-0.2, -0.15) is 4.31 Å². The summed E-state index contributed by atoms with van der Waals surface area (Å²) in [5.74, 6) is -0.260. The van der Waals surface area contributed by atoms with E-state index in [-0.39, 0.29) is 21.7 Å². The lowest BCUT2D eigenvalue weighted by molar-refractivity contribution is 0.206. The van der Waals surface area contributed by atoms with Crippen molar-refractivity contribution in [2.45, 2.75) is 31.1 Å². The minimum absolute atomic E-state index is 0.00199. The van der Waals surface area contributed by atoms with Crippen LogP contribution in [-0.2, 0) is 15.4 Å². The molecule has 0 fully saturated rings. The van der Waals surface area contributed by atoms with Crippen molar-refractivity contribution >= 4 is 21.8 Å². The molecule has 0 heterocycles. The fraction of sp³-hybridized carbons (Fsp3) is 0.174. The second-order valence-corrected chi connectivity index (χ2v) is 9.29. The average Bonchev–Trinajstić information content (AvgIpc) is 2.70. The summed E-state index contributed by atoms with van der Waals surface area (Å²) in [4.78, 5) is 11.6. The highest BCUT2D eigenvalue weighted by atomic mass is 32.2. The van der Waals surface area contributed by atoms with Crippen LogP contribution in [0.3, 0.4) is 0 Å². The van der Waals surface area contributed by atoms with E-state index in [1.165, 1.54) is 31.2 Å². The van der Waals surface area contributed by atoms with Crippen LogP contribution in [0.5, 0.6) is 5.75 Å². The van der Waals surface area contributed by atoms with Crippen LogP contribution in [0.1, 0.15) is 30.5 Å².